The fourth-order valence-electron chi connectivity index (χ4n) is 2.16. The van der Waals surface area contributed by atoms with Crippen LogP contribution in [0, 0.1) is 12.8 Å². The van der Waals surface area contributed by atoms with Crippen LogP contribution < -0.4 is 5.32 Å². The van der Waals surface area contributed by atoms with Gasteiger partial charge in [-0.1, -0.05) is 37.5 Å². The van der Waals surface area contributed by atoms with E-state index in [1.54, 1.807) is 0 Å². The number of hydrogen-bond acceptors (Lipinski definition) is 2. The minimum absolute atomic E-state index is 0.693. The van der Waals surface area contributed by atoms with Gasteiger partial charge in [0.1, 0.15) is 0 Å². The molecule has 17 heavy (non-hydrogen) atoms. The summed E-state index contributed by atoms with van der Waals surface area (Å²) in [5, 5.41) is 3.62. The SMILES string of the molecule is CCNC(CSc1cccc(C)c1)CC1CC1. The molecule has 1 aromatic rings. The Morgan fingerprint density at radius 1 is 1.41 bits per heavy atom. The molecule has 94 valence electrons. The standard InChI is InChI=1S/C15H23NS/c1-3-16-14(10-13-7-8-13)11-17-15-6-4-5-12(2)9-15/h4-6,9,13-14,16H,3,7-8,10-11H2,1-2H3. The minimum Gasteiger partial charge on any atom is -0.313 e. The molecule has 0 amide bonds. The van der Waals surface area contributed by atoms with Crippen molar-refractivity contribution < 1.29 is 0 Å². The molecule has 2 heteroatoms. The topological polar surface area (TPSA) is 12.0 Å². The second-order valence-corrected chi connectivity index (χ2v) is 6.15. The number of nitrogens with one attached hydrogen (secondary N) is 1. The van der Waals surface area contributed by atoms with Crippen molar-refractivity contribution in [1.82, 2.24) is 5.32 Å². The zero-order chi connectivity index (χ0) is 12.1. The van der Waals surface area contributed by atoms with Gasteiger partial charge >= 0.3 is 0 Å². The summed E-state index contributed by atoms with van der Waals surface area (Å²) in [6.07, 6.45) is 4.28. The Labute approximate surface area is 109 Å². The van der Waals surface area contributed by atoms with Crippen LogP contribution in [0.5, 0.6) is 0 Å². The van der Waals surface area contributed by atoms with E-state index in [2.05, 4.69) is 43.4 Å². The fourth-order valence-corrected chi connectivity index (χ4v) is 3.25. The summed E-state index contributed by atoms with van der Waals surface area (Å²) >= 11 is 1.99. The average molecular weight is 249 g/mol. The molecule has 0 aromatic heterocycles. The van der Waals surface area contributed by atoms with E-state index in [9.17, 15) is 0 Å². The molecule has 0 bridgehead atoms. The molecule has 0 spiro atoms. The van der Waals surface area contributed by atoms with Crippen molar-refractivity contribution in [3.8, 4) is 0 Å². The zero-order valence-electron chi connectivity index (χ0n) is 10.9. The Hall–Kier alpha value is -0.470. The van der Waals surface area contributed by atoms with Crippen molar-refractivity contribution in [3.05, 3.63) is 29.8 Å². The first kappa shape index (κ1) is 13.0. The normalized spacial score (nSPS) is 17.1. The van der Waals surface area contributed by atoms with E-state index in [1.165, 1.54) is 35.5 Å². The van der Waals surface area contributed by atoms with E-state index in [1.807, 2.05) is 11.8 Å². The van der Waals surface area contributed by atoms with Gasteiger partial charge in [-0.05, 0) is 37.9 Å². The first-order valence-corrected chi connectivity index (χ1v) is 7.69. The number of benzene rings is 1. The second kappa shape index (κ2) is 6.46. The van der Waals surface area contributed by atoms with Gasteiger partial charge in [-0.25, -0.2) is 0 Å². The Bertz CT molecular complexity index is 347. The molecule has 1 N–H and O–H groups in total. The molecular formula is C15H23NS. The molecule has 1 unspecified atom stereocenters. The van der Waals surface area contributed by atoms with Crippen LogP contribution >= 0.6 is 11.8 Å². The Morgan fingerprint density at radius 3 is 2.88 bits per heavy atom. The molecular weight excluding hydrogens is 226 g/mol. The summed E-state index contributed by atoms with van der Waals surface area (Å²) in [7, 11) is 0. The largest absolute Gasteiger partial charge is 0.313 e. The van der Waals surface area contributed by atoms with Gasteiger partial charge in [0.2, 0.25) is 0 Å². The summed E-state index contributed by atoms with van der Waals surface area (Å²) in [4.78, 5) is 1.41. The molecule has 0 heterocycles. The van der Waals surface area contributed by atoms with E-state index in [-0.39, 0.29) is 0 Å². The molecule has 1 fully saturated rings. The molecule has 0 saturated heterocycles. The minimum atomic E-state index is 0.693. The molecule has 1 aliphatic carbocycles. The highest BCUT2D eigenvalue weighted by Gasteiger charge is 2.24. The van der Waals surface area contributed by atoms with Gasteiger partial charge in [-0.15, -0.1) is 11.8 Å². The first-order chi connectivity index (χ1) is 8.28. The molecule has 1 nitrogen and oxygen atoms in total. The van der Waals surface area contributed by atoms with Crippen molar-refractivity contribution in [2.24, 2.45) is 5.92 Å². The van der Waals surface area contributed by atoms with Gasteiger partial charge in [0.25, 0.3) is 0 Å². The highest BCUT2D eigenvalue weighted by Crippen LogP contribution is 2.34. The van der Waals surface area contributed by atoms with E-state index < -0.39 is 0 Å². The number of hydrogen-bond donors (Lipinski definition) is 1. The highest BCUT2D eigenvalue weighted by atomic mass is 32.2. The van der Waals surface area contributed by atoms with Crippen LogP contribution in [0.1, 0.15) is 31.7 Å². The molecule has 1 atom stereocenters. The third kappa shape index (κ3) is 4.72. The lowest BCUT2D eigenvalue weighted by molar-refractivity contribution is 0.508. The molecule has 2 rings (SSSR count). The fraction of sp³-hybridized carbons (Fsp3) is 0.600. The maximum Gasteiger partial charge on any atom is 0.0164 e. The number of rotatable bonds is 7. The molecule has 0 aliphatic heterocycles. The van der Waals surface area contributed by atoms with Gasteiger partial charge < -0.3 is 5.32 Å². The lowest BCUT2D eigenvalue weighted by Crippen LogP contribution is -2.31. The van der Waals surface area contributed by atoms with E-state index in [0.717, 1.165) is 12.5 Å². The Morgan fingerprint density at radius 2 is 2.24 bits per heavy atom. The predicted octanol–water partition coefficient (Wildman–Crippen LogP) is 3.87. The van der Waals surface area contributed by atoms with Crippen molar-refractivity contribution in [2.75, 3.05) is 12.3 Å². The molecule has 1 saturated carbocycles. The maximum absolute atomic E-state index is 3.62. The van der Waals surface area contributed by atoms with E-state index >= 15 is 0 Å². The Kier molecular flexibility index (Phi) is 4.93. The monoisotopic (exact) mass is 249 g/mol. The number of thioether (sulfide) groups is 1. The van der Waals surface area contributed by atoms with Crippen molar-refractivity contribution in [3.63, 3.8) is 0 Å². The molecule has 1 aliphatic rings. The summed E-state index contributed by atoms with van der Waals surface area (Å²) in [5.74, 6) is 2.21. The summed E-state index contributed by atoms with van der Waals surface area (Å²) in [6, 6.07) is 9.51. The summed E-state index contributed by atoms with van der Waals surface area (Å²) in [5.41, 5.74) is 1.36. The molecule has 0 radical (unpaired) electrons. The summed E-state index contributed by atoms with van der Waals surface area (Å²) < 4.78 is 0. The van der Waals surface area contributed by atoms with Gasteiger partial charge in [-0.3, -0.25) is 0 Å². The third-order valence-corrected chi connectivity index (χ3v) is 4.40. The third-order valence-electron chi connectivity index (χ3n) is 3.25. The van der Waals surface area contributed by atoms with Crippen LogP contribution in [0.15, 0.2) is 29.2 Å². The van der Waals surface area contributed by atoms with Crippen LogP contribution in [0.3, 0.4) is 0 Å². The quantitative estimate of drug-likeness (QED) is 0.736. The Balaban J connectivity index is 1.80. The van der Waals surface area contributed by atoms with Gasteiger partial charge in [0, 0.05) is 16.7 Å². The van der Waals surface area contributed by atoms with Crippen LogP contribution in [0.4, 0.5) is 0 Å². The smallest absolute Gasteiger partial charge is 0.0164 e. The van der Waals surface area contributed by atoms with Crippen LogP contribution in [-0.2, 0) is 0 Å². The zero-order valence-corrected chi connectivity index (χ0v) is 11.7. The predicted molar refractivity (Wildman–Crippen MR) is 76.7 cm³/mol. The highest BCUT2D eigenvalue weighted by molar-refractivity contribution is 7.99. The summed E-state index contributed by atoms with van der Waals surface area (Å²) in [6.45, 7) is 5.46. The number of aryl methyl sites for hydroxylation is 1. The van der Waals surface area contributed by atoms with Gasteiger partial charge in [-0.2, -0.15) is 0 Å². The van der Waals surface area contributed by atoms with Crippen LogP contribution in [0.2, 0.25) is 0 Å². The van der Waals surface area contributed by atoms with Crippen LogP contribution in [-0.4, -0.2) is 18.3 Å². The van der Waals surface area contributed by atoms with Gasteiger partial charge in [0.15, 0.2) is 0 Å². The molecule has 1 aromatic carbocycles. The van der Waals surface area contributed by atoms with Crippen molar-refractivity contribution in [2.45, 2.75) is 44.0 Å². The van der Waals surface area contributed by atoms with Crippen LogP contribution in [0.25, 0.3) is 0 Å². The average Bonchev–Trinajstić information content (AvgIpc) is 3.10. The van der Waals surface area contributed by atoms with Crippen molar-refractivity contribution >= 4 is 11.8 Å². The van der Waals surface area contributed by atoms with Gasteiger partial charge in [0.05, 0.1) is 0 Å². The van der Waals surface area contributed by atoms with E-state index in [0.29, 0.717) is 6.04 Å². The maximum atomic E-state index is 3.62. The lowest BCUT2D eigenvalue weighted by Gasteiger charge is -2.17. The lowest BCUT2D eigenvalue weighted by atomic mass is 10.1. The second-order valence-electron chi connectivity index (χ2n) is 5.06. The van der Waals surface area contributed by atoms with E-state index in [4.69, 9.17) is 0 Å². The van der Waals surface area contributed by atoms with Crippen molar-refractivity contribution in [1.29, 1.82) is 0 Å². The first-order valence-electron chi connectivity index (χ1n) is 6.70.